The first kappa shape index (κ1) is 27.0. The summed E-state index contributed by atoms with van der Waals surface area (Å²) in [6, 6.07) is 55.1. The van der Waals surface area contributed by atoms with Gasteiger partial charge in [0, 0.05) is 48.2 Å². The van der Waals surface area contributed by atoms with E-state index < -0.39 is 0 Å². The van der Waals surface area contributed by atoms with Crippen LogP contribution in [-0.4, -0.2) is 4.98 Å². The number of aromatic nitrogens is 1. The lowest BCUT2D eigenvalue weighted by Crippen LogP contribution is -2.09. The van der Waals surface area contributed by atoms with Crippen LogP contribution in [-0.2, 0) is 0 Å². The molecule has 0 bridgehead atoms. The number of thiophene rings is 1. The molecule has 4 nitrogen and oxygen atoms in total. The molecule has 5 heteroatoms. The summed E-state index contributed by atoms with van der Waals surface area (Å²) in [7, 11) is 0. The number of nitrogens with zero attached hydrogens (tertiary/aromatic N) is 2. The minimum absolute atomic E-state index is 0.597. The Hall–Kier alpha value is -6.17. The standard InChI is InChI=1S/C43H26N2O2S/c1-3-10-27(11-4-1)29-14-9-15-30(24-29)45(32-18-20-34-33-16-7-8-17-39(33)48-40(34)26-32)31-19-21-36-35(25-31)41-37(46-36)22-23-38-42(41)44-43(47-38)28-12-5-2-6-13-28/h1-26H. The summed E-state index contributed by atoms with van der Waals surface area (Å²) in [5.74, 6) is 0.597. The monoisotopic (exact) mass is 634 g/mol. The van der Waals surface area contributed by atoms with Crippen LogP contribution in [0.15, 0.2) is 167 Å². The van der Waals surface area contributed by atoms with Crippen molar-refractivity contribution in [3.8, 4) is 22.6 Å². The Labute approximate surface area is 279 Å². The predicted octanol–water partition coefficient (Wildman–Crippen LogP) is 12.9. The van der Waals surface area contributed by atoms with Crippen molar-refractivity contribution in [3.63, 3.8) is 0 Å². The molecule has 3 heterocycles. The summed E-state index contributed by atoms with van der Waals surface area (Å²) >= 11 is 1.83. The van der Waals surface area contributed by atoms with E-state index in [2.05, 4.69) is 120 Å². The van der Waals surface area contributed by atoms with E-state index >= 15 is 0 Å². The fourth-order valence-electron chi connectivity index (χ4n) is 6.84. The smallest absolute Gasteiger partial charge is 0.227 e. The highest BCUT2D eigenvalue weighted by molar-refractivity contribution is 7.25. The molecule has 0 aliphatic carbocycles. The van der Waals surface area contributed by atoms with Crippen LogP contribution in [0.2, 0.25) is 0 Å². The van der Waals surface area contributed by atoms with Gasteiger partial charge in [0.25, 0.3) is 0 Å². The summed E-state index contributed by atoms with van der Waals surface area (Å²) in [6.45, 7) is 0. The van der Waals surface area contributed by atoms with Gasteiger partial charge in [-0.1, -0.05) is 84.9 Å². The van der Waals surface area contributed by atoms with Crippen LogP contribution in [0, 0.1) is 0 Å². The summed E-state index contributed by atoms with van der Waals surface area (Å²) in [5, 5.41) is 4.51. The number of hydrogen-bond donors (Lipinski definition) is 0. The SMILES string of the molecule is c1ccc(-c2cccc(N(c3ccc4c(c3)sc3ccccc34)c3ccc4oc5ccc6oc(-c7ccccc7)nc6c5c4c3)c2)cc1. The van der Waals surface area contributed by atoms with E-state index in [9.17, 15) is 0 Å². The van der Waals surface area contributed by atoms with Crippen molar-refractivity contribution in [1.29, 1.82) is 0 Å². The lowest BCUT2D eigenvalue weighted by Gasteiger charge is -2.26. The van der Waals surface area contributed by atoms with Gasteiger partial charge in [-0.15, -0.1) is 11.3 Å². The highest BCUT2D eigenvalue weighted by atomic mass is 32.1. The molecular formula is C43H26N2O2S. The van der Waals surface area contributed by atoms with Crippen LogP contribution in [0.3, 0.4) is 0 Å². The van der Waals surface area contributed by atoms with Crippen molar-refractivity contribution in [1.82, 2.24) is 4.98 Å². The second-order valence-corrected chi connectivity index (χ2v) is 13.1. The normalized spacial score (nSPS) is 11.8. The van der Waals surface area contributed by atoms with Crippen LogP contribution in [0.4, 0.5) is 17.1 Å². The molecule has 3 aromatic heterocycles. The molecule has 0 saturated heterocycles. The zero-order valence-corrected chi connectivity index (χ0v) is 26.4. The Bertz CT molecular complexity index is 2790. The molecule has 48 heavy (non-hydrogen) atoms. The number of rotatable bonds is 5. The van der Waals surface area contributed by atoms with Crippen molar-refractivity contribution in [2.24, 2.45) is 0 Å². The fourth-order valence-corrected chi connectivity index (χ4v) is 7.98. The third-order valence-corrected chi connectivity index (χ3v) is 10.2. The number of furan rings is 1. The first-order chi connectivity index (χ1) is 23.8. The van der Waals surface area contributed by atoms with Crippen molar-refractivity contribution in [2.45, 2.75) is 0 Å². The highest BCUT2D eigenvalue weighted by Gasteiger charge is 2.20. The molecule has 0 unspecified atom stereocenters. The molecular weight excluding hydrogens is 609 g/mol. The molecule has 0 aliphatic rings. The van der Waals surface area contributed by atoms with Crippen molar-refractivity contribution < 1.29 is 8.83 Å². The van der Waals surface area contributed by atoms with E-state index in [4.69, 9.17) is 13.8 Å². The number of hydrogen-bond acceptors (Lipinski definition) is 5. The van der Waals surface area contributed by atoms with Crippen LogP contribution in [0.1, 0.15) is 0 Å². The molecule has 226 valence electrons. The Morgan fingerprint density at radius 3 is 1.98 bits per heavy atom. The summed E-state index contributed by atoms with van der Waals surface area (Å²) < 4.78 is 15.2. The Balaban J connectivity index is 1.19. The second-order valence-electron chi connectivity index (χ2n) is 12.0. The molecule has 0 N–H and O–H groups in total. The third kappa shape index (κ3) is 4.33. The van der Waals surface area contributed by atoms with Gasteiger partial charge < -0.3 is 13.7 Å². The third-order valence-electron chi connectivity index (χ3n) is 9.09. The van der Waals surface area contributed by atoms with Gasteiger partial charge in [-0.05, 0) is 83.9 Å². The summed E-state index contributed by atoms with van der Waals surface area (Å²) in [4.78, 5) is 7.33. The van der Waals surface area contributed by atoms with Crippen LogP contribution in [0.25, 0.3) is 75.8 Å². The number of benzene rings is 7. The molecule has 10 rings (SSSR count). The van der Waals surface area contributed by atoms with Gasteiger partial charge in [-0.3, -0.25) is 0 Å². The van der Waals surface area contributed by atoms with Gasteiger partial charge >= 0.3 is 0 Å². The van der Waals surface area contributed by atoms with Gasteiger partial charge in [0.15, 0.2) is 5.58 Å². The Morgan fingerprint density at radius 2 is 1.10 bits per heavy atom. The van der Waals surface area contributed by atoms with E-state index in [1.165, 1.54) is 25.7 Å². The maximum Gasteiger partial charge on any atom is 0.227 e. The lowest BCUT2D eigenvalue weighted by molar-refractivity contribution is 0.619. The molecule has 10 aromatic rings. The van der Waals surface area contributed by atoms with Crippen LogP contribution < -0.4 is 4.90 Å². The zero-order valence-electron chi connectivity index (χ0n) is 25.6. The number of anilines is 3. The van der Waals surface area contributed by atoms with E-state index in [-0.39, 0.29) is 0 Å². The van der Waals surface area contributed by atoms with E-state index in [1.807, 2.05) is 53.8 Å². The molecule has 0 saturated carbocycles. The molecule has 0 fully saturated rings. The average Bonchev–Trinajstić information content (AvgIpc) is 3.85. The zero-order chi connectivity index (χ0) is 31.6. The maximum absolute atomic E-state index is 6.39. The van der Waals surface area contributed by atoms with Crippen molar-refractivity contribution in [3.05, 3.63) is 158 Å². The molecule has 0 aliphatic heterocycles. The average molecular weight is 635 g/mol. The van der Waals surface area contributed by atoms with E-state index in [0.29, 0.717) is 5.89 Å². The van der Waals surface area contributed by atoms with E-state index in [1.54, 1.807) is 0 Å². The summed E-state index contributed by atoms with van der Waals surface area (Å²) in [5.41, 5.74) is 9.59. The number of fused-ring (bicyclic) bond motifs is 8. The topological polar surface area (TPSA) is 42.4 Å². The van der Waals surface area contributed by atoms with Crippen molar-refractivity contribution >= 4 is 81.6 Å². The summed E-state index contributed by atoms with van der Waals surface area (Å²) in [6.07, 6.45) is 0. The Morgan fingerprint density at radius 1 is 0.438 bits per heavy atom. The van der Waals surface area contributed by atoms with Gasteiger partial charge in [0.1, 0.15) is 16.7 Å². The Kier molecular flexibility index (Phi) is 6.01. The van der Waals surface area contributed by atoms with Crippen LogP contribution >= 0.6 is 11.3 Å². The minimum atomic E-state index is 0.597. The first-order valence-electron chi connectivity index (χ1n) is 15.9. The van der Waals surface area contributed by atoms with Crippen LogP contribution in [0.5, 0.6) is 0 Å². The first-order valence-corrected chi connectivity index (χ1v) is 16.8. The minimum Gasteiger partial charge on any atom is -0.456 e. The molecule has 7 aromatic carbocycles. The predicted molar refractivity (Wildman–Crippen MR) is 200 cm³/mol. The van der Waals surface area contributed by atoms with Gasteiger partial charge in [0.05, 0.1) is 5.39 Å². The molecule has 0 amide bonds. The molecule has 0 radical (unpaired) electrons. The molecule has 0 atom stereocenters. The van der Waals surface area contributed by atoms with E-state index in [0.717, 1.165) is 61.2 Å². The lowest BCUT2D eigenvalue weighted by atomic mass is 10.0. The van der Waals surface area contributed by atoms with Crippen molar-refractivity contribution in [2.75, 3.05) is 4.90 Å². The maximum atomic E-state index is 6.39. The van der Waals surface area contributed by atoms with Gasteiger partial charge in [-0.25, -0.2) is 4.98 Å². The highest BCUT2D eigenvalue weighted by Crippen LogP contribution is 2.44. The quantitative estimate of drug-likeness (QED) is 0.189. The second kappa shape index (κ2) is 10.7. The van der Waals surface area contributed by atoms with Gasteiger partial charge in [-0.2, -0.15) is 0 Å². The fraction of sp³-hybridized carbons (Fsp3) is 0. The molecule has 0 spiro atoms. The largest absolute Gasteiger partial charge is 0.456 e. The van der Waals surface area contributed by atoms with Gasteiger partial charge in [0.2, 0.25) is 5.89 Å². The number of oxazole rings is 1.